The average molecular weight is 239 g/mol. The van der Waals surface area contributed by atoms with E-state index in [4.69, 9.17) is 5.73 Å². The van der Waals surface area contributed by atoms with Crippen LogP contribution in [0.25, 0.3) is 0 Å². The second-order valence-electron chi connectivity index (χ2n) is 4.83. The minimum atomic E-state index is -0.731. The van der Waals surface area contributed by atoms with Gasteiger partial charge in [-0.3, -0.25) is 4.79 Å². The topological polar surface area (TPSA) is 43.1 Å². The molecular formula is C13H15F2NO. The fourth-order valence-electron chi connectivity index (χ4n) is 2.39. The van der Waals surface area contributed by atoms with Gasteiger partial charge in [-0.1, -0.05) is 12.8 Å². The molecule has 1 fully saturated rings. The van der Waals surface area contributed by atoms with E-state index in [9.17, 15) is 13.6 Å². The van der Waals surface area contributed by atoms with Crippen LogP contribution in [0.4, 0.5) is 8.78 Å². The first-order chi connectivity index (χ1) is 7.98. The second kappa shape index (κ2) is 4.53. The van der Waals surface area contributed by atoms with Crippen LogP contribution in [0.2, 0.25) is 0 Å². The summed E-state index contributed by atoms with van der Waals surface area (Å²) in [6, 6.07) is 2.87. The minimum absolute atomic E-state index is 0.0687. The number of carbonyl (C=O) groups excluding carboxylic acids is 1. The van der Waals surface area contributed by atoms with Crippen molar-refractivity contribution in [3.63, 3.8) is 0 Å². The van der Waals surface area contributed by atoms with Crippen molar-refractivity contribution in [1.82, 2.24) is 0 Å². The van der Waals surface area contributed by atoms with Crippen molar-refractivity contribution in [2.45, 2.75) is 37.6 Å². The Labute approximate surface area is 98.8 Å². The summed E-state index contributed by atoms with van der Waals surface area (Å²) >= 11 is 0. The molecule has 0 aliphatic heterocycles. The van der Waals surface area contributed by atoms with Gasteiger partial charge in [0.2, 0.25) is 0 Å². The van der Waals surface area contributed by atoms with E-state index in [-0.39, 0.29) is 17.8 Å². The Morgan fingerprint density at radius 2 is 1.71 bits per heavy atom. The Kier molecular flexibility index (Phi) is 3.24. The summed E-state index contributed by atoms with van der Waals surface area (Å²) in [6.07, 6.45) is 3.80. The number of rotatable bonds is 3. The molecule has 0 amide bonds. The van der Waals surface area contributed by atoms with E-state index in [0.29, 0.717) is 0 Å². The van der Waals surface area contributed by atoms with E-state index >= 15 is 0 Å². The molecule has 0 aromatic heterocycles. The Morgan fingerprint density at radius 3 is 2.24 bits per heavy atom. The number of benzene rings is 1. The van der Waals surface area contributed by atoms with Crippen LogP contribution in [0.3, 0.4) is 0 Å². The van der Waals surface area contributed by atoms with Crippen molar-refractivity contribution in [1.29, 1.82) is 0 Å². The number of nitrogens with two attached hydrogens (primary N) is 1. The van der Waals surface area contributed by atoms with Crippen molar-refractivity contribution < 1.29 is 13.6 Å². The van der Waals surface area contributed by atoms with Gasteiger partial charge in [0.25, 0.3) is 0 Å². The zero-order chi connectivity index (χ0) is 12.5. The fraction of sp³-hybridized carbons (Fsp3) is 0.462. The smallest absolute Gasteiger partial charge is 0.164 e. The summed E-state index contributed by atoms with van der Waals surface area (Å²) in [4.78, 5) is 11.9. The van der Waals surface area contributed by atoms with Crippen molar-refractivity contribution in [2.24, 2.45) is 5.73 Å². The van der Waals surface area contributed by atoms with Crippen LogP contribution in [-0.2, 0) is 0 Å². The van der Waals surface area contributed by atoms with Crippen LogP contribution < -0.4 is 5.73 Å². The minimum Gasteiger partial charge on any atom is -0.325 e. The summed E-state index contributed by atoms with van der Waals surface area (Å²) in [5.41, 5.74) is 5.65. The molecule has 1 aromatic carbocycles. The number of hydrogen-bond donors (Lipinski definition) is 1. The third-order valence-corrected chi connectivity index (χ3v) is 3.30. The summed E-state index contributed by atoms with van der Waals surface area (Å²) in [5, 5.41) is 0. The van der Waals surface area contributed by atoms with Gasteiger partial charge < -0.3 is 5.73 Å². The number of Topliss-reactive ketones (excluding diaryl/α,β-unsaturated/α-hetero) is 1. The number of carbonyl (C=O) groups is 1. The highest BCUT2D eigenvalue weighted by Crippen LogP contribution is 2.31. The zero-order valence-corrected chi connectivity index (χ0v) is 9.51. The quantitative estimate of drug-likeness (QED) is 0.824. The van der Waals surface area contributed by atoms with Crippen LogP contribution in [0.5, 0.6) is 0 Å². The molecule has 1 aromatic rings. The molecule has 92 valence electrons. The molecule has 2 N–H and O–H groups in total. The van der Waals surface area contributed by atoms with Gasteiger partial charge in [0.15, 0.2) is 5.78 Å². The number of hydrogen-bond acceptors (Lipinski definition) is 2. The third-order valence-electron chi connectivity index (χ3n) is 3.30. The summed E-state index contributed by atoms with van der Waals surface area (Å²) in [6.45, 7) is 0. The van der Waals surface area contributed by atoms with E-state index in [0.717, 1.165) is 43.9 Å². The second-order valence-corrected chi connectivity index (χ2v) is 4.83. The number of halogens is 2. The zero-order valence-electron chi connectivity index (χ0n) is 9.51. The first-order valence-electron chi connectivity index (χ1n) is 5.77. The SMILES string of the molecule is NC1(CC(=O)c2cc(F)cc(F)c2)CCCC1. The molecule has 1 aliphatic rings. The van der Waals surface area contributed by atoms with E-state index in [1.807, 2.05) is 0 Å². The predicted molar refractivity (Wildman–Crippen MR) is 60.7 cm³/mol. The van der Waals surface area contributed by atoms with E-state index in [2.05, 4.69) is 0 Å². The van der Waals surface area contributed by atoms with Gasteiger partial charge in [-0.25, -0.2) is 8.78 Å². The highest BCUT2D eigenvalue weighted by atomic mass is 19.1. The van der Waals surface area contributed by atoms with Gasteiger partial charge in [0.1, 0.15) is 11.6 Å². The molecule has 4 heteroatoms. The highest BCUT2D eigenvalue weighted by Gasteiger charge is 2.32. The largest absolute Gasteiger partial charge is 0.325 e. The lowest BCUT2D eigenvalue weighted by Gasteiger charge is -2.22. The van der Waals surface area contributed by atoms with Crippen LogP contribution >= 0.6 is 0 Å². The summed E-state index contributed by atoms with van der Waals surface area (Å²) in [5.74, 6) is -1.75. The molecule has 0 bridgehead atoms. The Bertz CT molecular complexity index is 419. The van der Waals surface area contributed by atoms with Crippen LogP contribution in [-0.4, -0.2) is 11.3 Å². The van der Waals surface area contributed by atoms with Gasteiger partial charge in [-0.2, -0.15) is 0 Å². The molecule has 0 atom stereocenters. The van der Waals surface area contributed by atoms with Gasteiger partial charge in [0.05, 0.1) is 0 Å². The predicted octanol–water partition coefficient (Wildman–Crippen LogP) is 2.81. The normalized spacial score (nSPS) is 18.3. The monoisotopic (exact) mass is 239 g/mol. The average Bonchev–Trinajstić information content (AvgIpc) is 2.63. The lowest BCUT2D eigenvalue weighted by Crippen LogP contribution is -2.38. The van der Waals surface area contributed by atoms with Crippen LogP contribution in [0, 0.1) is 11.6 Å². The van der Waals surface area contributed by atoms with Gasteiger partial charge in [-0.05, 0) is 25.0 Å². The fourth-order valence-corrected chi connectivity index (χ4v) is 2.39. The molecule has 2 nitrogen and oxygen atoms in total. The van der Waals surface area contributed by atoms with Gasteiger partial charge in [-0.15, -0.1) is 0 Å². The van der Waals surface area contributed by atoms with E-state index < -0.39 is 17.2 Å². The standard InChI is InChI=1S/C13H15F2NO/c14-10-5-9(6-11(15)7-10)12(17)8-13(16)3-1-2-4-13/h5-7H,1-4,8,16H2. The Balaban J connectivity index is 2.14. The Morgan fingerprint density at radius 1 is 1.18 bits per heavy atom. The lowest BCUT2D eigenvalue weighted by atomic mass is 9.90. The third kappa shape index (κ3) is 2.88. The summed E-state index contributed by atoms with van der Waals surface area (Å²) in [7, 11) is 0. The molecule has 0 radical (unpaired) electrons. The molecule has 1 saturated carbocycles. The van der Waals surface area contributed by atoms with Crippen LogP contribution in [0.1, 0.15) is 42.5 Å². The van der Waals surface area contributed by atoms with Gasteiger partial charge in [0, 0.05) is 23.6 Å². The van der Waals surface area contributed by atoms with Crippen molar-refractivity contribution in [3.05, 3.63) is 35.4 Å². The van der Waals surface area contributed by atoms with E-state index in [1.165, 1.54) is 0 Å². The Hall–Kier alpha value is -1.29. The van der Waals surface area contributed by atoms with Gasteiger partial charge >= 0.3 is 0 Å². The molecule has 0 heterocycles. The molecule has 17 heavy (non-hydrogen) atoms. The highest BCUT2D eigenvalue weighted by molar-refractivity contribution is 5.96. The van der Waals surface area contributed by atoms with Crippen molar-refractivity contribution in [2.75, 3.05) is 0 Å². The first kappa shape index (κ1) is 12.2. The molecule has 0 saturated heterocycles. The molecular weight excluding hydrogens is 224 g/mol. The number of ketones is 1. The van der Waals surface area contributed by atoms with Crippen LogP contribution in [0.15, 0.2) is 18.2 Å². The molecule has 0 unspecified atom stereocenters. The first-order valence-corrected chi connectivity index (χ1v) is 5.77. The van der Waals surface area contributed by atoms with Crippen molar-refractivity contribution >= 4 is 5.78 Å². The van der Waals surface area contributed by atoms with E-state index in [1.54, 1.807) is 0 Å². The molecule has 0 spiro atoms. The van der Waals surface area contributed by atoms with Crippen molar-refractivity contribution in [3.8, 4) is 0 Å². The maximum atomic E-state index is 13.0. The molecule has 2 rings (SSSR count). The maximum Gasteiger partial charge on any atom is 0.164 e. The maximum absolute atomic E-state index is 13.0. The summed E-state index contributed by atoms with van der Waals surface area (Å²) < 4.78 is 25.9. The lowest BCUT2D eigenvalue weighted by molar-refractivity contribution is 0.0951. The molecule has 1 aliphatic carbocycles.